The van der Waals surface area contributed by atoms with Crippen LogP contribution in [0, 0.1) is 0 Å². The van der Waals surface area contributed by atoms with Crippen LogP contribution in [0.5, 0.6) is 5.75 Å². The zero-order chi connectivity index (χ0) is 26.7. The molecular formula is C23H23F4N7O3. The fourth-order valence-electron chi connectivity index (χ4n) is 3.53. The molecule has 0 spiro atoms. The molecule has 4 aromatic rings. The van der Waals surface area contributed by atoms with Crippen molar-refractivity contribution in [1.82, 2.24) is 29.3 Å². The van der Waals surface area contributed by atoms with E-state index < -0.39 is 31.6 Å². The smallest absolute Gasteiger partial charge is 0.387 e. The molecule has 37 heavy (non-hydrogen) atoms. The summed E-state index contributed by atoms with van der Waals surface area (Å²) in [5.41, 5.74) is 0.118. The van der Waals surface area contributed by atoms with E-state index >= 15 is 0 Å². The van der Waals surface area contributed by atoms with Gasteiger partial charge in [-0.1, -0.05) is 6.07 Å². The maximum absolute atomic E-state index is 14.2. The lowest BCUT2D eigenvalue weighted by Gasteiger charge is -2.18. The number of ether oxygens (including phenoxy) is 1. The minimum absolute atomic E-state index is 0.0400. The van der Waals surface area contributed by atoms with Crippen LogP contribution in [0.15, 0.2) is 49.1 Å². The molecule has 2 N–H and O–H groups in total. The largest absolute Gasteiger partial charge is 0.434 e. The van der Waals surface area contributed by atoms with Crippen LogP contribution in [0.2, 0.25) is 0 Å². The van der Waals surface area contributed by atoms with Crippen LogP contribution in [-0.2, 0) is 6.54 Å². The Kier molecular flexibility index (Phi) is 7.69. The highest BCUT2D eigenvalue weighted by molar-refractivity contribution is 6.09. The number of hydrogen-bond donors (Lipinski definition) is 2. The maximum Gasteiger partial charge on any atom is 0.387 e. The minimum Gasteiger partial charge on any atom is -0.434 e. The summed E-state index contributed by atoms with van der Waals surface area (Å²) in [6.07, 6.45) is 2.77. The quantitative estimate of drug-likeness (QED) is 0.243. The van der Waals surface area contributed by atoms with Gasteiger partial charge >= 0.3 is 6.61 Å². The van der Waals surface area contributed by atoms with Gasteiger partial charge in [-0.2, -0.15) is 19.0 Å². The summed E-state index contributed by atoms with van der Waals surface area (Å²) in [6, 6.07) is 4.96. The van der Waals surface area contributed by atoms with Crippen LogP contribution in [0.1, 0.15) is 22.1 Å². The molecule has 14 heteroatoms. The van der Waals surface area contributed by atoms with Gasteiger partial charge in [0.2, 0.25) is 0 Å². The van der Waals surface area contributed by atoms with Gasteiger partial charge in [-0.15, -0.1) is 0 Å². The topological polar surface area (TPSA) is 110 Å². The second-order valence-electron chi connectivity index (χ2n) is 8.21. The van der Waals surface area contributed by atoms with Gasteiger partial charge in [0.25, 0.3) is 5.91 Å². The second kappa shape index (κ2) is 10.9. The predicted octanol–water partition coefficient (Wildman–Crippen LogP) is 3.31. The number of amides is 1. The monoisotopic (exact) mass is 521 g/mol. The van der Waals surface area contributed by atoms with E-state index in [4.69, 9.17) is 0 Å². The van der Waals surface area contributed by atoms with Crippen molar-refractivity contribution >= 4 is 17.2 Å². The number of aromatic nitrogens is 5. The van der Waals surface area contributed by atoms with E-state index in [0.717, 1.165) is 18.2 Å². The highest BCUT2D eigenvalue weighted by Gasteiger charge is 2.24. The van der Waals surface area contributed by atoms with E-state index in [0.29, 0.717) is 0 Å². The zero-order valence-corrected chi connectivity index (χ0v) is 19.7. The number of anilines is 1. The van der Waals surface area contributed by atoms with E-state index in [-0.39, 0.29) is 46.0 Å². The minimum atomic E-state index is -3.22. The van der Waals surface area contributed by atoms with E-state index in [1.807, 2.05) is 0 Å². The van der Waals surface area contributed by atoms with Crippen molar-refractivity contribution < 1.29 is 32.2 Å². The maximum atomic E-state index is 14.2. The molecule has 3 heterocycles. The number of fused-ring (bicyclic) bond motifs is 1. The van der Waals surface area contributed by atoms with Gasteiger partial charge < -0.3 is 15.2 Å². The fraction of sp³-hybridized carbons (Fsp3) is 0.304. The van der Waals surface area contributed by atoms with E-state index in [1.54, 1.807) is 26.4 Å². The number of rotatable bonds is 10. The molecule has 0 aliphatic rings. The Morgan fingerprint density at radius 3 is 2.76 bits per heavy atom. The lowest BCUT2D eigenvalue weighted by molar-refractivity contribution is -0.0494. The van der Waals surface area contributed by atoms with E-state index in [9.17, 15) is 27.5 Å². The summed E-state index contributed by atoms with van der Waals surface area (Å²) in [4.78, 5) is 18.8. The molecule has 196 valence electrons. The lowest BCUT2D eigenvalue weighted by atomic mass is 10.0. The number of nitrogens with zero attached hydrogens (tertiary/aromatic N) is 6. The summed E-state index contributed by atoms with van der Waals surface area (Å²) in [5, 5.41) is 21.3. The molecule has 3 aromatic heterocycles. The average Bonchev–Trinajstić information content (AvgIpc) is 3.47. The molecule has 0 saturated carbocycles. The number of benzene rings is 1. The highest BCUT2D eigenvalue weighted by Crippen LogP contribution is 2.38. The lowest BCUT2D eigenvalue weighted by Crippen LogP contribution is -2.31. The zero-order valence-electron chi connectivity index (χ0n) is 19.7. The third kappa shape index (κ3) is 5.70. The van der Waals surface area contributed by atoms with Crippen molar-refractivity contribution in [3.8, 4) is 17.0 Å². The van der Waals surface area contributed by atoms with Gasteiger partial charge in [-0.05, 0) is 37.9 Å². The first-order chi connectivity index (χ1) is 17.7. The predicted molar refractivity (Wildman–Crippen MR) is 125 cm³/mol. The van der Waals surface area contributed by atoms with Gasteiger partial charge in [-0.3, -0.25) is 14.4 Å². The molecular weight excluding hydrogens is 498 g/mol. The third-order valence-electron chi connectivity index (χ3n) is 5.45. The summed E-state index contributed by atoms with van der Waals surface area (Å²) in [6.45, 7) is -4.61. The first-order valence-electron chi connectivity index (χ1n) is 11.0. The molecule has 0 aliphatic carbocycles. The molecule has 0 radical (unpaired) electrons. The van der Waals surface area contributed by atoms with Gasteiger partial charge in [0, 0.05) is 24.2 Å². The number of alkyl halides is 4. The SMILES string of the molecule is CN(C)C(O)Cn1cc(NC(=O)c2cnn3cccnc23)c(-c2cc(C(F)CF)ccc2OC(F)F)n1. The number of nitrogens with one attached hydrogen (secondary N) is 1. The standard InChI is InChI=1S/C23H23F4N7O3/c1-32(2)19(35)12-33-11-17(30-22(36)15-10-29-34-7-3-6-28-21(15)34)20(31-33)14-8-13(16(25)9-24)4-5-18(14)37-23(26)27/h3-8,10-11,16,19,23,35H,9,12H2,1-2H3,(H,30,36). The highest BCUT2D eigenvalue weighted by atomic mass is 19.3. The Morgan fingerprint density at radius 2 is 2.05 bits per heavy atom. The second-order valence-corrected chi connectivity index (χ2v) is 8.21. The third-order valence-corrected chi connectivity index (χ3v) is 5.45. The van der Waals surface area contributed by atoms with E-state index in [1.165, 1.54) is 32.7 Å². The van der Waals surface area contributed by atoms with Crippen LogP contribution in [0.4, 0.5) is 23.2 Å². The number of halogens is 4. The Hall–Kier alpha value is -4.04. The number of carbonyl (C=O) groups is 1. The van der Waals surface area contributed by atoms with Crippen molar-refractivity contribution in [2.45, 2.75) is 25.6 Å². The number of aliphatic hydroxyl groups excluding tert-OH is 1. The first kappa shape index (κ1) is 26.0. The Balaban J connectivity index is 1.80. The Labute approximate surface area is 208 Å². The van der Waals surface area contributed by atoms with Crippen LogP contribution < -0.4 is 10.1 Å². The molecule has 1 aromatic carbocycles. The fourth-order valence-corrected chi connectivity index (χ4v) is 3.53. The van der Waals surface area contributed by atoms with E-state index in [2.05, 4.69) is 25.2 Å². The summed E-state index contributed by atoms with van der Waals surface area (Å²) in [7, 11) is 3.26. The molecule has 0 bridgehead atoms. The molecule has 2 unspecified atom stereocenters. The molecule has 1 amide bonds. The Bertz CT molecular complexity index is 1390. The van der Waals surface area contributed by atoms with Gasteiger partial charge in [0.15, 0.2) is 11.8 Å². The molecule has 0 fully saturated rings. The van der Waals surface area contributed by atoms with Crippen molar-refractivity contribution in [2.24, 2.45) is 0 Å². The van der Waals surface area contributed by atoms with Crippen molar-refractivity contribution in [1.29, 1.82) is 0 Å². The first-order valence-corrected chi connectivity index (χ1v) is 11.0. The number of aliphatic hydroxyl groups is 1. The van der Waals surface area contributed by atoms with Crippen LogP contribution in [-0.4, -0.2) is 73.9 Å². The number of hydrogen-bond acceptors (Lipinski definition) is 7. The molecule has 10 nitrogen and oxygen atoms in total. The summed E-state index contributed by atoms with van der Waals surface area (Å²) >= 11 is 0. The van der Waals surface area contributed by atoms with Crippen molar-refractivity contribution in [2.75, 3.05) is 26.1 Å². The molecule has 0 saturated heterocycles. The molecule has 0 aliphatic heterocycles. The van der Waals surface area contributed by atoms with Crippen molar-refractivity contribution in [3.05, 3.63) is 60.2 Å². The average molecular weight is 521 g/mol. The van der Waals surface area contributed by atoms with Crippen LogP contribution >= 0.6 is 0 Å². The van der Waals surface area contributed by atoms with Gasteiger partial charge in [0.05, 0.1) is 18.4 Å². The van der Waals surface area contributed by atoms with Crippen LogP contribution in [0.25, 0.3) is 16.9 Å². The van der Waals surface area contributed by atoms with Gasteiger partial charge in [-0.25, -0.2) is 18.3 Å². The molecule has 4 rings (SSSR count). The summed E-state index contributed by atoms with van der Waals surface area (Å²) in [5.74, 6) is -1.00. The summed E-state index contributed by atoms with van der Waals surface area (Å²) < 4.78 is 60.7. The Morgan fingerprint density at radius 1 is 1.27 bits per heavy atom. The van der Waals surface area contributed by atoms with Crippen LogP contribution in [0.3, 0.4) is 0 Å². The number of likely N-dealkylation sites (N-methyl/N-ethyl adjacent to an activating group) is 1. The normalized spacial score (nSPS) is 13.3. The van der Waals surface area contributed by atoms with Gasteiger partial charge in [0.1, 0.15) is 29.9 Å². The molecule has 2 atom stereocenters. The van der Waals surface area contributed by atoms with Crippen molar-refractivity contribution in [3.63, 3.8) is 0 Å². The number of carbonyl (C=O) groups excluding carboxylic acids is 1.